The number of urea groups is 1. The molecule has 1 aliphatic heterocycles. The molecule has 8 heteroatoms. The summed E-state index contributed by atoms with van der Waals surface area (Å²) in [5.74, 6) is -1.40. The Kier molecular flexibility index (Phi) is 4.80. The highest BCUT2D eigenvalue weighted by Gasteiger charge is 2.52. The average Bonchev–Trinajstić information content (AvgIpc) is 3.10. The maximum Gasteiger partial charge on any atom is 0.344 e. The van der Waals surface area contributed by atoms with E-state index >= 15 is 0 Å². The number of nitrogens with zero attached hydrogens (tertiary/aromatic N) is 1. The normalized spacial score (nSPS) is 18.9. The summed E-state index contributed by atoms with van der Waals surface area (Å²) in [5.41, 5.74) is 3.35. The van der Waals surface area contributed by atoms with E-state index in [1.807, 2.05) is 6.07 Å². The molecule has 2 aromatic rings. The van der Waals surface area contributed by atoms with Crippen LogP contribution in [0.2, 0.25) is 0 Å². The largest absolute Gasteiger partial charge is 0.354 e. The third-order valence-electron chi connectivity index (χ3n) is 5.12. The molecule has 28 heavy (non-hydrogen) atoms. The summed E-state index contributed by atoms with van der Waals surface area (Å²) < 4.78 is 0. The van der Waals surface area contributed by atoms with Crippen molar-refractivity contribution in [2.45, 2.75) is 39.7 Å². The number of nitrogens with one attached hydrogen (secondary N) is 3. The van der Waals surface area contributed by atoms with Crippen LogP contribution in [0, 0.1) is 13.8 Å². The smallest absolute Gasteiger partial charge is 0.344 e. The van der Waals surface area contributed by atoms with Gasteiger partial charge in [0.25, 0.3) is 11.8 Å². The summed E-state index contributed by atoms with van der Waals surface area (Å²) in [4.78, 5) is 52.9. The van der Waals surface area contributed by atoms with Crippen LogP contribution in [0.15, 0.2) is 30.3 Å². The molecule has 4 amide bonds. The second-order valence-corrected chi connectivity index (χ2v) is 6.82. The molecule has 1 fully saturated rings. The fraction of sp³-hybridized carbons (Fsp3) is 0.300. The molecular weight excluding hydrogens is 360 g/mol. The van der Waals surface area contributed by atoms with Gasteiger partial charge in [0.05, 0.1) is 0 Å². The van der Waals surface area contributed by atoms with Gasteiger partial charge in [0.1, 0.15) is 11.2 Å². The predicted octanol–water partition coefficient (Wildman–Crippen LogP) is 2.34. The first-order valence-corrected chi connectivity index (χ1v) is 8.96. The third kappa shape index (κ3) is 2.87. The van der Waals surface area contributed by atoms with E-state index in [0.29, 0.717) is 33.8 Å². The summed E-state index contributed by atoms with van der Waals surface area (Å²) in [5, 5.41) is 3.39. The number of carbonyl (C=O) groups excluding carboxylic acids is 4. The fourth-order valence-corrected chi connectivity index (χ4v) is 3.70. The van der Waals surface area contributed by atoms with Crippen LogP contribution in [-0.4, -0.2) is 33.6 Å². The van der Waals surface area contributed by atoms with E-state index in [2.05, 4.69) is 15.7 Å². The molecule has 1 saturated heterocycles. The summed E-state index contributed by atoms with van der Waals surface area (Å²) in [6, 6.07) is 8.17. The molecule has 1 aromatic heterocycles. The van der Waals surface area contributed by atoms with Crippen molar-refractivity contribution >= 4 is 23.6 Å². The highest BCUT2D eigenvalue weighted by Crippen LogP contribution is 2.31. The minimum Gasteiger partial charge on any atom is -0.354 e. The molecule has 146 valence electrons. The van der Waals surface area contributed by atoms with Gasteiger partial charge in [0.15, 0.2) is 5.78 Å². The van der Waals surface area contributed by atoms with Crippen molar-refractivity contribution in [2.75, 3.05) is 0 Å². The highest BCUT2D eigenvalue weighted by atomic mass is 16.2. The topological polar surface area (TPSA) is 111 Å². The Morgan fingerprint density at radius 3 is 2.32 bits per heavy atom. The van der Waals surface area contributed by atoms with E-state index in [1.165, 1.54) is 6.92 Å². The number of Topliss-reactive ketones (excluding diaryl/α,β-unsaturated/α-hetero) is 1. The lowest BCUT2D eigenvalue weighted by atomic mass is 9.87. The molecule has 2 heterocycles. The first-order chi connectivity index (χ1) is 13.2. The first kappa shape index (κ1) is 19.3. The van der Waals surface area contributed by atoms with Crippen LogP contribution in [0.1, 0.15) is 57.9 Å². The number of aromatic amines is 1. The van der Waals surface area contributed by atoms with Crippen LogP contribution in [-0.2, 0) is 10.3 Å². The molecular formula is C20H22N4O4. The van der Waals surface area contributed by atoms with E-state index in [-0.39, 0.29) is 11.5 Å². The lowest BCUT2D eigenvalue weighted by Gasteiger charge is -2.25. The van der Waals surface area contributed by atoms with Gasteiger partial charge in [-0.15, -0.1) is 0 Å². The molecule has 1 aliphatic rings. The Balaban J connectivity index is 1.90. The number of aryl methyl sites for hydroxylation is 1. The van der Waals surface area contributed by atoms with Crippen LogP contribution in [0.3, 0.4) is 0 Å². The Morgan fingerprint density at radius 2 is 1.79 bits per heavy atom. The summed E-state index contributed by atoms with van der Waals surface area (Å²) in [6.45, 7) is 6.53. The maximum atomic E-state index is 13.1. The fourth-order valence-electron chi connectivity index (χ4n) is 3.70. The third-order valence-corrected chi connectivity index (χ3v) is 5.12. The number of benzene rings is 1. The van der Waals surface area contributed by atoms with Crippen LogP contribution >= 0.6 is 0 Å². The predicted molar refractivity (Wildman–Crippen MR) is 102 cm³/mol. The van der Waals surface area contributed by atoms with Crippen molar-refractivity contribution in [2.24, 2.45) is 0 Å². The van der Waals surface area contributed by atoms with Crippen molar-refractivity contribution in [3.63, 3.8) is 0 Å². The van der Waals surface area contributed by atoms with Gasteiger partial charge < -0.3 is 10.3 Å². The number of ketones is 1. The van der Waals surface area contributed by atoms with E-state index in [4.69, 9.17) is 0 Å². The molecule has 8 nitrogen and oxygen atoms in total. The number of H-pyrrole nitrogens is 1. The van der Waals surface area contributed by atoms with Crippen LogP contribution < -0.4 is 10.7 Å². The van der Waals surface area contributed by atoms with Gasteiger partial charge >= 0.3 is 6.03 Å². The van der Waals surface area contributed by atoms with Gasteiger partial charge in [-0.25, -0.2) is 4.79 Å². The minimum atomic E-state index is -1.24. The molecule has 0 spiro atoms. The average molecular weight is 382 g/mol. The van der Waals surface area contributed by atoms with Crippen LogP contribution in [0.4, 0.5) is 4.79 Å². The molecule has 1 aromatic carbocycles. The van der Waals surface area contributed by atoms with E-state index in [9.17, 15) is 19.2 Å². The minimum absolute atomic E-state index is 0.136. The van der Waals surface area contributed by atoms with Gasteiger partial charge in [-0.1, -0.05) is 37.3 Å². The quantitative estimate of drug-likeness (QED) is 0.544. The first-order valence-electron chi connectivity index (χ1n) is 8.96. The lowest BCUT2D eigenvalue weighted by Crippen LogP contribution is -2.48. The van der Waals surface area contributed by atoms with Gasteiger partial charge in [-0.05, 0) is 38.3 Å². The number of hydrogen-bond donors (Lipinski definition) is 3. The van der Waals surface area contributed by atoms with Gasteiger partial charge in [-0.2, -0.15) is 5.01 Å². The molecule has 3 N–H and O–H groups in total. The van der Waals surface area contributed by atoms with Crippen molar-refractivity contribution in [3.05, 3.63) is 58.4 Å². The summed E-state index contributed by atoms with van der Waals surface area (Å²) in [7, 11) is 0. The molecule has 0 aliphatic carbocycles. The number of hydrazine groups is 1. The van der Waals surface area contributed by atoms with Crippen LogP contribution in [0.25, 0.3) is 0 Å². The second-order valence-electron chi connectivity index (χ2n) is 6.82. The summed E-state index contributed by atoms with van der Waals surface area (Å²) >= 11 is 0. The number of aromatic nitrogens is 1. The monoisotopic (exact) mass is 382 g/mol. The van der Waals surface area contributed by atoms with Crippen molar-refractivity contribution in [1.82, 2.24) is 20.7 Å². The molecule has 1 atom stereocenters. The highest BCUT2D eigenvalue weighted by molar-refractivity contribution is 6.10. The van der Waals surface area contributed by atoms with E-state index in [0.717, 1.165) is 0 Å². The van der Waals surface area contributed by atoms with Gasteiger partial charge in [0.2, 0.25) is 0 Å². The zero-order chi connectivity index (χ0) is 20.6. The van der Waals surface area contributed by atoms with Crippen molar-refractivity contribution in [1.29, 1.82) is 0 Å². The number of amides is 4. The second kappa shape index (κ2) is 6.95. The Bertz CT molecular complexity index is 980. The van der Waals surface area contributed by atoms with Gasteiger partial charge in [0, 0.05) is 11.3 Å². The zero-order valence-corrected chi connectivity index (χ0v) is 16.2. The van der Waals surface area contributed by atoms with E-state index < -0.39 is 23.4 Å². The Hall–Kier alpha value is -3.42. The van der Waals surface area contributed by atoms with E-state index in [1.54, 1.807) is 45.0 Å². The van der Waals surface area contributed by atoms with Crippen molar-refractivity contribution in [3.8, 4) is 0 Å². The number of imide groups is 1. The Morgan fingerprint density at radius 1 is 1.14 bits per heavy atom. The number of rotatable bonds is 5. The Labute approximate surface area is 162 Å². The summed E-state index contributed by atoms with van der Waals surface area (Å²) in [6.07, 6.45) is 0.322. The lowest BCUT2D eigenvalue weighted by molar-refractivity contribution is -0.133. The molecule has 0 bridgehead atoms. The molecule has 0 unspecified atom stereocenters. The number of carbonyl (C=O) groups is 4. The number of hydrogen-bond acceptors (Lipinski definition) is 4. The maximum absolute atomic E-state index is 13.1. The zero-order valence-electron chi connectivity index (χ0n) is 16.2. The SMILES string of the molecule is CC[C@@]1(c2ccccc2)NC(=O)N(NC(=O)c2[nH]c(C)c(C(C)=O)c2C)C1=O. The van der Waals surface area contributed by atoms with Crippen molar-refractivity contribution < 1.29 is 19.2 Å². The van der Waals surface area contributed by atoms with Gasteiger partial charge in [-0.3, -0.25) is 19.8 Å². The standard InChI is InChI=1S/C20H22N4O4/c1-5-20(14-9-7-6-8-10-14)18(27)24(19(28)22-20)23-17(26)16-11(2)15(13(4)25)12(3)21-16/h6-10,21H,5H2,1-4H3,(H,22,28)(H,23,26)/t20-/m0/s1. The molecule has 3 rings (SSSR count). The molecule has 0 saturated carbocycles. The van der Waals surface area contributed by atoms with Crippen LogP contribution in [0.5, 0.6) is 0 Å². The molecule has 0 radical (unpaired) electrons.